The van der Waals surface area contributed by atoms with E-state index in [0.717, 1.165) is 5.56 Å². The zero-order chi connectivity index (χ0) is 19.0. The van der Waals surface area contributed by atoms with Crippen molar-refractivity contribution in [2.24, 2.45) is 7.05 Å². The molecule has 26 heavy (non-hydrogen) atoms. The summed E-state index contributed by atoms with van der Waals surface area (Å²) in [4.78, 5) is 12.4. The quantitative estimate of drug-likeness (QED) is 0.641. The Morgan fingerprint density at radius 3 is 2.46 bits per heavy atom. The number of amides is 1. The van der Waals surface area contributed by atoms with E-state index in [4.69, 9.17) is 46.4 Å². The molecule has 6 nitrogen and oxygen atoms in total. The molecule has 10 heteroatoms. The highest BCUT2D eigenvalue weighted by molar-refractivity contribution is 6.42. The van der Waals surface area contributed by atoms with Gasteiger partial charge in [-0.05, 0) is 24.6 Å². The van der Waals surface area contributed by atoms with Crippen molar-refractivity contribution in [1.29, 1.82) is 0 Å². The third-order valence-electron chi connectivity index (χ3n) is 3.75. The molecule has 136 valence electrons. The number of aryl methyl sites for hydroxylation is 1. The van der Waals surface area contributed by atoms with Crippen molar-refractivity contribution in [3.8, 4) is 0 Å². The molecule has 0 fully saturated rings. The fraction of sp³-hybridized carbons (Fsp3) is 0.188. The molecule has 0 atom stereocenters. The second-order valence-corrected chi connectivity index (χ2v) is 7.20. The van der Waals surface area contributed by atoms with E-state index in [9.17, 15) is 4.79 Å². The van der Waals surface area contributed by atoms with Gasteiger partial charge in [0.25, 0.3) is 5.91 Å². The third-order valence-corrected chi connectivity index (χ3v) is 5.22. The molecule has 0 aliphatic rings. The summed E-state index contributed by atoms with van der Waals surface area (Å²) < 4.78 is 3.12. The predicted octanol–water partition coefficient (Wildman–Crippen LogP) is 4.84. The van der Waals surface area contributed by atoms with Gasteiger partial charge in [-0.1, -0.05) is 52.5 Å². The maximum atomic E-state index is 12.4. The molecule has 0 unspecified atom stereocenters. The number of hydrogen-bond acceptors (Lipinski definition) is 3. The molecule has 0 spiro atoms. The fourth-order valence-electron chi connectivity index (χ4n) is 2.28. The van der Waals surface area contributed by atoms with Crippen LogP contribution in [-0.4, -0.2) is 25.5 Å². The van der Waals surface area contributed by atoms with Crippen LogP contribution >= 0.6 is 46.4 Å². The largest absolute Gasteiger partial charge is 0.302 e. The highest BCUT2D eigenvalue weighted by Crippen LogP contribution is 2.25. The average Bonchev–Trinajstić information content (AvgIpc) is 3.05. The van der Waals surface area contributed by atoms with Crippen molar-refractivity contribution in [1.82, 2.24) is 19.6 Å². The molecular formula is C16H13Cl4N5O. The number of anilines is 1. The molecule has 1 N–H and O–H groups in total. The lowest BCUT2D eigenvalue weighted by Gasteiger charge is -2.04. The molecule has 0 radical (unpaired) electrons. The van der Waals surface area contributed by atoms with E-state index in [1.54, 1.807) is 37.0 Å². The van der Waals surface area contributed by atoms with Gasteiger partial charge in [0.1, 0.15) is 5.02 Å². The molecular weight excluding hydrogens is 420 g/mol. The van der Waals surface area contributed by atoms with Crippen molar-refractivity contribution in [2.45, 2.75) is 13.5 Å². The Hall–Kier alpha value is -1.73. The van der Waals surface area contributed by atoms with Crippen LogP contribution < -0.4 is 5.32 Å². The first-order valence-corrected chi connectivity index (χ1v) is 8.94. The Kier molecular flexibility index (Phi) is 5.48. The van der Waals surface area contributed by atoms with Crippen LogP contribution in [0.5, 0.6) is 0 Å². The lowest BCUT2D eigenvalue weighted by molar-refractivity contribution is 0.102. The number of carbonyl (C=O) groups excluding carboxylic acids is 1. The van der Waals surface area contributed by atoms with E-state index in [2.05, 4.69) is 15.5 Å². The van der Waals surface area contributed by atoms with E-state index >= 15 is 0 Å². The van der Waals surface area contributed by atoms with E-state index in [1.165, 1.54) is 4.68 Å². The first kappa shape index (κ1) is 19.0. The van der Waals surface area contributed by atoms with E-state index in [-0.39, 0.29) is 16.5 Å². The van der Waals surface area contributed by atoms with Gasteiger partial charge in [-0.15, -0.1) is 0 Å². The molecule has 0 saturated carbocycles. The number of halogens is 4. The van der Waals surface area contributed by atoms with Crippen LogP contribution in [0.25, 0.3) is 0 Å². The highest BCUT2D eigenvalue weighted by Gasteiger charge is 2.20. The number of benzene rings is 1. The minimum Gasteiger partial charge on any atom is -0.302 e. The topological polar surface area (TPSA) is 64.7 Å². The SMILES string of the molecule is Cc1c(Cl)c(C(=O)Nc2nn(Cc3ccc(Cl)c(Cl)c3)cc2Cl)nn1C. The first-order chi connectivity index (χ1) is 12.3. The van der Waals surface area contributed by atoms with Crippen molar-refractivity contribution < 1.29 is 4.79 Å². The molecule has 3 rings (SSSR count). The summed E-state index contributed by atoms with van der Waals surface area (Å²) in [5.41, 5.74) is 1.69. The van der Waals surface area contributed by atoms with Crippen LogP contribution in [0.4, 0.5) is 5.82 Å². The van der Waals surface area contributed by atoms with Gasteiger partial charge in [-0.25, -0.2) is 0 Å². The van der Waals surface area contributed by atoms with E-state index < -0.39 is 5.91 Å². The number of nitrogens with one attached hydrogen (secondary N) is 1. The number of aromatic nitrogens is 4. The summed E-state index contributed by atoms with van der Waals surface area (Å²) in [7, 11) is 1.71. The number of hydrogen-bond donors (Lipinski definition) is 1. The second-order valence-electron chi connectivity index (χ2n) is 5.60. The number of carbonyl (C=O) groups is 1. The average molecular weight is 433 g/mol. The number of nitrogens with zero attached hydrogens (tertiary/aromatic N) is 4. The van der Waals surface area contributed by atoms with Crippen LogP contribution in [0.1, 0.15) is 21.7 Å². The summed E-state index contributed by atoms with van der Waals surface area (Å²) in [6.07, 6.45) is 1.60. The standard InChI is InChI=1S/C16H13Cl4N5O/c1-8-13(20)14(22-24(8)2)16(26)21-15-12(19)7-25(23-15)6-9-3-4-10(17)11(18)5-9/h3-5,7H,6H2,1-2H3,(H,21,23,26). The summed E-state index contributed by atoms with van der Waals surface area (Å²) in [5, 5.41) is 12.5. The summed E-state index contributed by atoms with van der Waals surface area (Å²) in [5.74, 6) is -0.267. The Balaban J connectivity index is 1.78. The van der Waals surface area contributed by atoms with E-state index in [0.29, 0.717) is 27.3 Å². The monoisotopic (exact) mass is 431 g/mol. The fourth-order valence-corrected chi connectivity index (χ4v) is 3.05. The minimum atomic E-state index is -0.486. The molecule has 2 heterocycles. The summed E-state index contributed by atoms with van der Waals surface area (Å²) in [6.45, 7) is 2.18. The molecule has 2 aromatic heterocycles. The van der Waals surface area contributed by atoms with Crippen molar-refractivity contribution >= 4 is 58.1 Å². The lowest BCUT2D eigenvalue weighted by Crippen LogP contribution is -2.14. The van der Waals surface area contributed by atoms with Gasteiger partial charge in [0.15, 0.2) is 11.5 Å². The third kappa shape index (κ3) is 3.83. The van der Waals surface area contributed by atoms with Gasteiger partial charge in [-0.3, -0.25) is 14.2 Å². The van der Waals surface area contributed by atoms with Crippen LogP contribution in [0.2, 0.25) is 20.1 Å². The van der Waals surface area contributed by atoms with Crippen molar-refractivity contribution in [3.05, 3.63) is 61.4 Å². The lowest BCUT2D eigenvalue weighted by atomic mass is 10.2. The van der Waals surface area contributed by atoms with E-state index in [1.807, 2.05) is 6.07 Å². The van der Waals surface area contributed by atoms with Gasteiger partial charge < -0.3 is 5.32 Å². The van der Waals surface area contributed by atoms with Crippen LogP contribution in [0, 0.1) is 6.92 Å². The molecule has 1 amide bonds. The number of rotatable bonds is 4. The molecule has 0 aliphatic heterocycles. The zero-order valence-corrected chi connectivity index (χ0v) is 16.7. The normalized spacial score (nSPS) is 11.0. The van der Waals surface area contributed by atoms with Crippen molar-refractivity contribution in [2.75, 3.05) is 5.32 Å². The second kappa shape index (κ2) is 7.48. The Morgan fingerprint density at radius 2 is 1.85 bits per heavy atom. The van der Waals surface area contributed by atoms with Crippen LogP contribution in [-0.2, 0) is 13.6 Å². The zero-order valence-electron chi connectivity index (χ0n) is 13.7. The van der Waals surface area contributed by atoms with Gasteiger partial charge in [0, 0.05) is 13.2 Å². The minimum absolute atomic E-state index is 0.113. The first-order valence-electron chi connectivity index (χ1n) is 7.43. The molecule has 0 aliphatic carbocycles. The van der Waals surface area contributed by atoms with Crippen LogP contribution in [0.15, 0.2) is 24.4 Å². The molecule has 0 saturated heterocycles. The van der Waals surface area contributed by atoms with Gasteiger partial charge >= 0.3 is 0 Å². The van der Waals surface area contributed by atoms with Gasteiger partial charge in [-0.2, -0.15) is 10.2 Å². The summed E-state index contributed by atoms with van der Waals surface area (Å²) in [6, 6.07) is 5.28. The maximum absolute atomic E-state index is 12.4. The Bertz CT molecular complexity index is 995. The van der Waals surface area contributed by atoms with Gasteiger partial charge in [0.05, 0.1) is 27.3 Å². The summed E-state index contributed by atoms with van der Waals surface area (Å²) >= 11 is 24.2. The predicted molar refractivity (Wildman–Crippen MR) is 104 cm³/mol. The molecule has 1 aromatic carbocycles. The molecule has 3 aromatic rings. The smallest absolute Gasteiger partial charge is 0.278 e. The maximum Gasteiger partial charge on any atom is 0.278 e. The Morgan fingerprint density at radius 1 is 1.12 bits per heavy atom. The van der Waals surface area contributed by atoms with Gasteiger partial charge in [0.2, 0.25) is 0 Å². The molecule has 0 bridgehead atoms. The van der Waals surface area contributed by atoms with Crippen molar-refractivity contribution in [3.63, 3.8) is 0 Å². The Labute approximate surface area is 169 Å². The van der Waals surface area contributed by atoms with Crippen LogP contribution in [0.3, 0.4) is 0 Å². The highest BCUT2D eigenvalue weighted by atomic mass is 35.5.